The Hall–Kier alpha value is -2.24. The number of carbonyl (C=O) groups is 2. The minimum atomic E-state index is -0.939. The van der Waals surface area contributed by atoms with Crippen LogP contribution in [0.15, 0.2) is 24.3 Å². The van der Waals surface area contributed by atoms with Gasteiger partial charge in [-0.15, -0.1) is 0 Å². The molecule has 0 fully saturated rings. The van der Waals surface area contributed by atoms with Crippen LogP contribution in [0.4, 0.5) is 4.79 Å². The van der Waals surface area contributed by atoms with Crippen LogP contribution in [-0.2, 0) is 4.79 Å². The van der Waals surface area contributed by atoms with Crippen molar-refractivity contribution in [3.05, 3.63) is 29.8 Å². The highest BCUT2D eigenvalue weighted by Crippen LogP contribution is 2.17. The Kier molecular flexibility index (Phi) is 5.37. The van der Waals surface area contributed by atoms with E-state index in [1.165, 1.54) is 4.90 Å². The minimum absolute atomic E-state index is 0.133. The molecule has 1 aromatic rings. The topological polar surface area (TPSA) is 89.9 Å². The molecule has 0 spiro atoms. The van der Waals surface area contributed by atoms with Gasteiger partial charge in [-0.2, -0.15) is 0 Å². The van der Waals surface area contributed by atoms with Crippen LogP contribution in [0.25, 0.3) is 0 Å². The summed E-state index contributed by atoms with van der Waals surface area (Å²) in [7, 11) is 1.55. The first kappa shape index (κ1) is 15.8. The quantitative estimate of drug-likeness (QED) is 0.767. The van der Waals surface area contributed by atoms with E-state index in [9.17, 15) is 14.7 Å². The Balaban J connectivity index is 2.59. The molecular weight excluding hydrogens is 260 g/mol. The van der Waals surface area contributed by atoms with Crippen molar-refractivity contribution < 1.29 is 19.8 Å². The Morgan fingerprint density at radius 3 is 2.55 bits per heavy atom. The molecule has 0 aliphatic heterocycles. The summed E-state index contributed by atoms with van der Waals surface area (Å²) in [4.78, 5) is 24.0. The fraction of sp³-hybridized carbons (Fsp3) is 0.429. The lowest BCUT2D eigenvalue weighted by Gasteiger charge is -2.23. The summed E-state index contributed by atoms with van der Waals surface area (Å²) in [5.74, 6) is -1.43. The number of phenols is 1. The molecule has 6 nitrogen and oxygen atoms in total. The predicted molar refractivity (Wildman–Crippen MR) is 74.5 cm³/mol. The number of aromatic hydroxyl groups is 1. The van der Waals surface area contributed by atoms with E-state index in [1.807, 2.05) is 0 Å². The second-order valence-electron chi connectivity index (χ2n) is 4.89. The number of hydrogen-bond acceptors (Lipinski definition) is 3. The summed E-state index contributed by atoms with van der Waals surface area (Å²) in [5.41, 5.74) is 0.776. The molecule has 2 amide bonds. The number of carboxylic acid groups (broad SMARTS) is 1. The molecule has 0 bridgehead atoms. The van der Waals surface area contributed by atoms with Gasteiger partial charge in [0.2, 0.25) is 0 Å². The van der Waals surface area contributed by atoms with Crippen molar-refractivity contribution in [3.8, 4) is 5.75 Å². The zero-order chi connectivity index (χ0) is 15.3. The number of hydrogen-bond donors (Lipinski definition) is 3. The first-order valence-electron chi connectivity index (χ1n) is 6.34. The molecule has 0 heterocycles. The van der Waals surface area contributed by atoms with Crippen LogP contribution in [0.5, 0.6) is 5.75 Å². The van der Waals surface area contributed by atoms with Crippen LogP contribution in [0.1, 0.15) is 25.5 Å². The van der Waals surface area contributed by atoms with Gasteiger partial charge in [-0.3, -0.25) is 4.79 Å². The van der Waals surface area contributed by atoms with E-state index in [-0.39, 0.29) is 24.4 Å². The number of urea groups is 1. The average molecular weight is 280 g/mol. The summed E-state index contributed by atoms with van der Waals surface area (Å²) >= 11 is 0. The monoisotopic (exact) mass is 280 g/mol. The van der Waals surface area contributed by atoms with E-state index in [0.717, 1.165) is 5.56 Å². The standard InChI is InChI=1S/C14H20N2O4/c1-9(13(18)19)8-16(3)14(20)15-10(2)11-5-4-6-12(17)7-11/h4-7,9-10,17H,8H2,1-3H3,(H,15,20)(H,18,19)/t9?,10-/m1/s1. The van der Waals surface area contributed by atoms with Crippen molar-refractivity contribution in [1.82, 2.24) is 10.2 Å². The Morgan fingerprint density at radius 1 is 1.35 bits per heavy atom. The summed E-state index contributed by atoms with van der Waals surface area (Å²) in [6, 6.07) is 5.99. The van der Waals surface area contributed by atoms with Crippen LogP contribution >= 0.6 is 0 Å². The highest BCUT2D eigenvalue weighted by molar-refractivity contribution is 5.76. The maximum atomic E-state index is 11.9. The molecule has 1 aromatic carbocycles. The normalized spacial score (nSPS) is 13.3. The molecule has 0 saturated heterocycles. The van der Waals surface area contributed by atoms with E-state index in [2.05, 4.69) is 5.32 Å². The molecule has 110 valence electrons. The van der Waals surface area contributed by atoms with Crippen LogP contribution in [-0.4, -0.2) is 40.7 Å². The molecule has 0 radical (unpaired) electrons. The Morgan fingerprint density at radius 2 is 2.00 bits per heavy atom. The zero-order valence-corrected chi connectivity index (χ0v) is 11.8. The van der Waals surface area contributed by atoms with Crippen LogP contribution in [0.2, 0.25) is 0 Å². The third kappa shape index (κ3) is 4.46. The van der Waals surface area contributed by atoms with Gasteiger partial charge in [-0.1, -0.05) is 19.1 Å². The molecular formula is C14H20N2O4. The van der Waals surface area contributed by atoms with E-state index in [1.54, 1.807) is 45.2 Å². The maximum Gasteiger partial charge on any atom is 0.317 e. The minimum Gasteiger partial charge on any atom is -0.508 e. The van der Waals surface area contributed by atoms with Crippen molar-refractivity contribution in [2.24, 2.45) is 5.92 Å². The van der Waals surface area contributed by atoms with E-state index in [4.69, 9.17) is 5.11 Å². The molecule has 1 unspecified atom stereocenters. The first-order valence-corrected chi connectivity index (χ1v) is 6.34. The van der Waals surface area contributed by atoms with Crippen molar-refractivity contribution >= 4 is 12.0 Å². The summed E-state index contributed by atoms with van der Waals surface area (Å²) in [6.07, 6.45) is 0. The largest absolute Gasteiger partial charge is 0.508 e. The van der Waals surface area contributed by atoms with Crippen LogP contribution < -0.4 is 5.32 Å². The number of benzene rings is 1. The maximum absolute atomic E-state index is 11.9. The lowest BCUT2D eigenvalue weighted by Crippen LogP contribution is -2.41. The van der Waals surface area contributed by atoms with Gasteiger partial charge >= 0.3 is 12.0 Å². The fourth-order valence-electron chi connectivity index (χ4n) is 1.74. The van der Waals surface area contributed by atoms with Crippen LogP contribution in [0, 0.1) is 5.92 Å². The van der Waals surface area contributed by atoms with Crippen molar-refractivity contribution in [2.45, 2.75) is 19.9 Å². The predicted octanol–water partition coefficient (Wildman–Crippen LogP) is 1.82. The number of rotatable bonds is 5. The third-order valence-electron chi connectivity index (χ3n) is 3.03. The molecule has 2 atom stereocenters. The SMILES string of the molecule is CC(CN(C)C(=O)N[C@H](C)c1cccc(O)c1)C(=O)O. The number of phenolic OH excluding ortho intramolecular Hbond substituents is 1. The second-order valence-corrected chi connectivity index (χ2v) is 4.89. The van der Waals surface area contributed by atoms with E-state index in [0.29, 0.717) is 0 Å². The lowest BCUT2D eigenvalue weighted by molar-refractivity contribution is -0.141. The van der Waals surface area contributed by atoms with Crippen LogP contribution in [0.3, 0.4) is 0 Å². The van der Waals surface area contributed by atoms with Crippen molar-refractivity contribution in [3.63, 3.8) is 0 Å². The number of aliphatic carboxylic acids is 1. The van der Waals surface area contributed by atoms with Crippen molar-refractivity contribution in [2.75, 3.05) is 13.6 Å². The highest BCUT2D eigenvalue weighted by Gasteiger charge is 2.18. The average Bonchev–Trinajstić information content (AvgIpc) is 2.38. The molecule has 0 aliphatic rings. The Bertz CT molecular complexity index is 490. The van der Waals surface area contributed by atoms with E-state index < -0.39 is 11.9 Å². The van der Waals surface area contributed by atoms with Crippen molar-refractivity contribution in [1.29, 1.82) is 0 Å². The summed E-state index contributed by atoms with van der Waals surface area (Å²) in [6.45, 7) is 3.47. The summed E-state index contributed by atoms with van der Waals surface area (Å²) in [5, 5.41) is 21.0. The highest BCUT2D eigenvalue weighted by atomic mass is 16.4. The second kappa shape index (κ2) is 6.79. The van der Waals surface area contributed by atoms with Gasteiger partial charge in [-0.05, 0) is 24.6 Å². The number of carbonyl (C=O) groups excluding carboxylic acids is 1. The molecule has 20 heavy (non-hydrogen) atoms. The summed E-state index contributed by atoms with van der Waals surface area (Å²) < 4.78 is 0. The third-order valence-corrected chi connectivity index (χ3v) is 3.03. The van der Waals surface area contributed by atoms with Gasteiger partial charge in [-0.25, -0.2) is 4.79 Å². The van der Waals surface area contributed by atoms with Gasteiger partial charge in [0.05, 0.1) is 12.0 Å². The molecule has 0 aromatic heterocycles. The Labute approximate surface area is 118 Å². The number of amides is 2. The molecule has 3 N–H and O–H groups in total. The lowest BCUT2D eigenvalue weighted by atomic mass is 10.1. The van der Waals surface area contributed by atoms with E-state index >= 15 is 0 Å². The van der Waals surface area contributed by atoms with Gasteiger partial charge in [0, 0.05) is 13.6 Å². The smallest absolute Gasteiger partial charge is 0.317 e. The molecule has 6 heteroatoms. The molecule has 1 rings (SSSR count). The zero-order valence-electron chi connectivity index (χ0n) is 11.8. The number of carboxylic acids is 1. The van der Waals surface area contributed by atoms with Gasteiger partial charge in [0.15, 0.2) is 0 Å². The van der Waals surface area contributed by atoms with Gasteiger partial charge < -0.3 is 20.4 Å². The molecule has 0 aliphatic carbocycles. The van der Waals surface area contributed by atoms with Gasteiger partial charge in [0.25, 0.3) is 0 Å². The fourth-order valence-corrected chi connectivity index (χ4v) is 1.74. The number of nitrogens with one attached hydrogen (secondary N) is 1. The number of nitrogens with zero attached hydrogens (tertiary/aromatic N) is 1. The molecule has 0 saturated carbocycles. The van der Waals surface area contributed by atoms with Gasteiger partial charge in [0.1, 0.15) is 5.75 Å². The first-order chi connectivity index (χ1) is 9.31.